The normalized spacial score (nSPS) is 26.2. The molecule has 1 aliphatic carbocycles. The second-order valence-electron chi connectivity index (χ2n) is 5.08. The quantitative estimate of drug-likeness (QED) is 0.844. The molecule has 86 valence electrons. The van der Waals surface area contributed by atoms with Gasteiger partial charge in [-0.3, -0.25) is 0 Å². The summed E-state index contributed by atoms with van der Waals surface area (Å²) in [6.45, 7) is 0.819. The van der Waals surface area contributed by atoms with E-state index in [0.717, 1.165) is 25.4 Å². The number of benzene rings is 1. The molecule has 2 atom stereocenters. The maximum atomic E-state index is 6.28. The Kier molecular flexibility index (Phi) is 2.70. The molecule has 16 heavy (non-hydrogen) atoms. The molecular weight excluding hydrogens is 198 g/mol. The summed E-state index contributed by atoms with van der Waals surface area (Å²) < 4.78 is 5.87. The maximum Gasteiger partial charge on any atom is 0.0978 e. The Hall–Kier alpha value is -0.860. The Morgan fingerprint density at radius 1 is 1.31 bits per heavy atom. The summed E-state index contributed by atoms with van der Waals surface area (Å²) in [7, 11) is 0. The highest BCUT2D eigenvalue weighted by atomic mass is 16.5. The van der Waals surface area contributed by atoms with E-state index in [1.165, 1.54) is 24.0 Å². The van der Waals surface area contributed by atoms with E-state index >= 15 is 0 Å². The first kappa shape index (κ1) is 10.3. The predicted octanol–water partition coefficient (Wildman–Crippen LogP) is 2.43. The first-order valence-electron chi connectivity index (χ1n) is 6.29. The molecular formula is C14H19NO. The third-order valence-corrected chi connectivity index (χ3v) is 3.72. The van der Waals surface area contributed by atoms with Crippen LogP contribution in [-0.4, -0.2) is 12.6 Å². The Labute approximate surface area is 96.8 Å². The smallest absolute Gasteiger partial charge is 0.0978 e. The summed E-state index contributed by atoms with van der Waals surface area (Å²) in [4.78, 5) is 0. The third-order valence-electron chi connectivity index (χ3n) is 3.72. The molecule has 0 amide bonds. The van der Waals surface area contributed by atoms with Crippen molar-refractivity contribution in [1.82, 2.24) is 0 Å². The molecule has 2 nitrogen and oxygen atoms in total. The van der Waals surface area contributed by atoms with Crippen LogP contribution >= 0.6 is 0 Å². The van der Waals surface area contributed by atoms with Gasteiger partial charge in [-0.05, 0) is 29.9 Å². The highest BCUT2D eigenvalue weighted by Crippen LogP contribution is 2.38. The van der Waals surface area contributed by atoms with Crippen LogP contribution < -0.4 is 5.73 Å². The van der Waals surface area contributed by atoms with Crippen molar-refractivity contribution >= 4 is 0 Å². The molecule has 3 rings (SSSR count). The average Bonchev–Trinajstić information content (AvgIpc) is 3.12. The zero-order chi connectivity index (χ0) is 11.0. The number of rotatable bonds is 3. The third kappa shape index (κ3) is 2.00. The molecule has 2 N–H and O–H groups in total. The van der Waals surface area contributed by atoms with E-state index in [2.05, 4.69) is 24.3 Å². The van der Waals surface area contributed by atoms with Crippen molar-refractivity contribution in [3.63, 3.8) is 0 Å². The van der Waals surface area contributed by atoms with Crippen molar-refractivity contribution in [3.8, 4) is 0 Å². The number of hydrogen-bond acceptors (Lipinski definition) is 2. The fourth-order valence-corrected chi connectivity index (χ4v) is 2.64. The van der Waals surface area contributed by atoms with Crippen LogP contribution in [0.5, 0.6) is 0 Å². The van der Waals surface area contributed by atoms with Crippen LogP contribution in [0.1, 0.15) is 36.5 Å². The second-order valence-corrected chi connectivity index (χ2v) is 5.08. The fourth-order valence-electron chi connectivity index (χ4n) is 2.64. The van der Waals surface area contributed by atoms with Gasteiger partial charge in [-0.1, -0.05) is 37.1 Å². The molecule has 0 spiro atoms. The van der Waals surface area contributed by atoms with E-state index in [1.54, 1.807) is 0 Å². The van der Waals surface area contributed by atoms with Crippen molar-refractivity contribution in [2.24, 2.45) is 11.7 Å². The van der Waals surface area contributed by atoms with Crippen molar-refractivity contribution in [2.75, 3.05) is 6.61 Å². The lowest BCUT2D eigenvalue weighted by molar-refractivity contribution is 0.0215. The number of ether oxygens (including phenoxy) is 1. The lowest BCUT2D eigenvalue weighted by atomic mass is 9.91. The summed E-state index contributed by atoms with van der Waals surface area (Å²) in [6, 6.07) is 8.74. The van der Waals surface area contributed by atoms with Gasteiger partial charge < -0.3 is 10.5 Å². The summed E-state index contributed by atoms with van der Waals surface area (Å²) in [5, 5.41) is 0. The first-order valence-corrected chi connectivity index (χ1v) is 6.29. The summed E-state index contributed by atoms with van der Waals surface area (Å²) in [5.41, 5.74) is 9.02. The molecule has 0 bridgehead atoms. The zero-order valence-electron chi connectivity index (χ0n) is 9.56. The van der Waals surface area contributed by atoms with E-state index in [1.807, 2.05) is 0 Å². The van der Waals surface area contributed by atoms with Gasteiger partial charge in [0.25, 0.3) is 0 Å². The van der Waals surface area contributed by atoms with Crippen molar-refractivity contribution < 1.29 is 4.74 Å². The largest absolute Gasteiger partial charge is 0.372 e. The number of fused-ring (bicyclic) bond motifs is 1. The minimum Gasteiger partial charge on any atom is -0.372 e. The van der Waals surface area contributed by atoms with Gasteiger partial charge in [0.05, 0.1) is 12.7 Å². The predicted molar refractivity (Wildman–Crippen MR) is 64.2 cm³/mol. The number of nitrogens with two attached hydrogens (primary N) is 1. The van der Waals surface area contributed by atoms with Gasteiger partial charge in [-0.25, -0.2) is 0 Å². The Morgan fingerprint density at radius 3 is 2.94 bits per heavy atom. The van der Waals surface area contributed by atoms with E-state index in [0.29, 0.717) is 0 Å². The van der Waals surface area contributed by atoms with Crippen molar-refractivity contribution in [2.45, 2.75) is 37.8 Å². The van der Waals surface area contributed by atoms with Crippen LogP contribution in [0.4, 0.5) is 0 Å². The van der Waals surface area contributed by atoms with E-state index in [9.17, 15) is 0 Å². The number of hydrogen-bond donors (Lipinski definition) is 1. The zero-order valence-corrected chi connectivity index (χ0v) is 9.56. The summed E-state index contributed by atoms with van der Waals surface area (Å²) >= 11 is 0. The molecule has 1 aromatic carbocycles. The van der Waals surface area contributed by atoms with E-state index < -0.39 is 0 Å². The van der Waals surface area contributed by atoms with Gasteiger partial charge in [-0.2, -0.15) is 0 Å². The standard InChI is InChI=1S/C14H19NO/c15-13(9-10-5-6-10)14-12-4-2-1-3-11(12)7-8-16-14/h1-4,10,13-14H,5-9,15H2. The molecule has 2 heteroatoms. The highest BCUT2D eigenvalue weighted by molar-refractivity contribution is 5.31. The molecule has 0 aromatic heterocycles. The topological polar surface area (TPSA) is 35.2 Å². The van der Waals surface area contributed by atoms with Crippen LogP contribution in [0.3, 0.4) is 0 Å². The average molecular weight is 217 g/mol. The van der Waals surface area contributed by atoms with E-state index in [4.69, 9.17) is 10.5 Å². The minimum absolute atomic E-state index is 0.130. The van der Waals surface area contributed by atoms with Gasteiger partial charge in [0.1, 0.15) is 0 Å². The monoisotopic (exact) mass is 217 g/mol. The van der Waals surface area contributed by atoms with Crippen LogP contribution in [-0.2, 0) is 11.2 Å². The molecule has 1 heterocycles. The van der Waals surface area contributed by atoms with Crippen LogP contribution in [0.25, 0.3) is 0 Å². The lowest BCUT2D eigenvalue weighted by Crippen LogP contribution is -2.34. The van der Waals surface area contributed by atoms with Crippen LogP contribution in [0.15, 0.2) is 24.3 Å². The second kappa shape index (κ2) is 4.19. The molecule has 1 fully saturated rings. The maximum absolute atomic E-state index is 6.28. The summed E-state index contributed by atoms with van der Waals surface area (Å²) in [6.07, 6.45) is 5.01. The minimum atomic E-state index is 0.130. The Balaban J connectivity index is 1.80. The first-order chi connectivity index (χ1) is 7.84. The molecule has 0 saturated heterocycles. The Morgan fingerprint density at radius 2 is 2.12 bits per heavy atom. The van der Waals surface area contributed by atoms with Gasteiger partial charge in [-0.15, -0.1) is 0 Å². The van der Waals surface area contributed by atoms with Gasteiger partial charge in [0.15, 0.2) is 0 Å². The van der Waals surface area contributed by atoms with Crippen molar-refractivity contribution in [1.29, 1.82) is 0 Å². The van der Waals surface area contributed by atoms with Crippen molar-refractivity contribution in [3.05, 3.63) is 35.4 Å². The van der Waals surface area contributed by atoms with E-state index in [-0.39, 0.29) is 12.1 Å². The molecule has 1 aliphatic heterocycles. The summed E-state index contributed by atoms with van der Waals surface area (Å²) in [5.74, 6) is 0.868. The Bertz CT molecular complexity index is 373. The highest BCUT2D eigenvalue weighted by Gasteiger charge is 2.31. The molecule has 2 unspecified atom stereocenters. The van der Waals surface area contributed by atoms with Crippen LogP contribution in [0, 0.1) is 5.92 Å². The lowest BCUT2D eigenvalue weighted by Gasteiger charge is -2.30. The molecule has 1 saturated carbocycles. The molecule has 0 radical (unpaired) electrons. The van der Waals surface area contributed by atoms with Crippen LogP contribution in [0.2, 0.25) is 0 Å². The van der Waals surface area contributed by atoms with Gasteiger partial charge in [0, 0.05) is 6.04 Å². The fraction of sp³-hybridized carbons (Fsp3) is 0.571. The molecule has 2 aliphatic rings. The van der Waals surface area contributed by atoms with Gasteiger partial charge >= 0.3 is 0 Å². The SMILES string of the molecule is NC(CC1CC1)C1OCCc2ccccc21. The molecule has 1 aromatic rings. The van der Waals surface area contributed by atoms with Gasteiger partial charge in [0.2, 0.25) is 0 Å².